The normalized spacial score (nSPS) is 11.3. The van der Waals surface area contributed by atoms with Crippen LogP contribution in [0.4, 0.5) is 5.69 Å². The molecule has 4 rings (SSSR count). The van der Waals surface area contributed by atoms with Crippen molar-refractivity contribution < 1.29 is 0 Å². The van der Waals surface area contributed by atoms with Crippen LogP contribution in [0.2, 0.25) is 0 Å². The van der Waals surface area contributed by atoms with E-state index < -0.39 is 0 Å². The number of benzene rings is 1. The zero-order chi connectivity index (χ0) is 15.3. The van der Waals surface area contributed by atoms with E-state index in [1.165, 1.54) is 0 Å². The highest BCUT2D eigenvalue weighted by Gasteiger charge is 2.16. The summed E-state index contributed by atoms with van der Waals surface area (Å²) in [5.41, 5.74) is 10.6. The number of fused-ring (bicyclic) bond motifs is 2. The molecule has 108 valence electrons. The molecule has 6 heteroatoms. The molecule has 0 unspecified atom stereocenters. The number of aromatic nitrogens is 4. The van der Waals surface area contributed by atoms with E-state index in [-0.39, 0.29) is 11.2 Å². The summed E-state index contributed by atoms with van der Waals surface area (Å²) >= 11 is 0. The maximum atomic E-state index is 12.2. The van der Waals surface area contributed by atoms with E-state index in [0.717, 1.165) is 22.0 Å². The summed E-state index contributed by atoms with van der Waals surface area (Å²) in [7, 11) is 0. The highest BCUT2D eigenvalue weighted by molar-refractivity contribution is 6.05. The minimum Gasteiger partial charge on any atom is -0.394 e. The Labute approximate surface area is 125 Å². The van der Waals surface area contributed by atoms with E-state index in [4.69, 9.17) is 5.73 Å². The first-order valence-electron chi connectivity index (χ1n) is 6.86. The number of nitrogens with one attached hydrogen (secondary N) is 2. The summed E-state index contributed by atoms with van der Waals surface area (Å²) < 4.78 is 0. The van der Waals surface area contributed by atoms with Crippen LogP contribution in [0.25, 0.3) is 33.1 Å². The van der Waals surface area contributed by atoms with Gasteiger partial charge in [0.15, 0.2) is 0 Å². The first kappa shape index (κ1) is 12.6. The fourth-order valence-corrected chi connectivity index (χ4v) is 2.75. The highest BCUT2D eigenvalue weighted by atomic mass is 16.1. The summed E-state index contributed by atoms with van der Waals surface area (Å²) in [6.07, 6.45) is 3.49. The Morgan fingerprint density at radius 3 is 2.91 bits per heavy atom. The Kier molecular flexibility index (Phi) is 2.53. The molecular formula is C16H13N5O. The Hall–Kier alpha value is -3.15. The van der Waals surface area contributed by atoms with Crippen molar-refractivity contribution in [1.29, 1.82) is 0 Å². The van der Waals surface area contributed by atoms with Crippen molar-refractivity contribution in [3.8, 4) is 11.1 Å². The van der Waals surface area contributed by atoms with E-state index in [1.54, 1.807) is 12.4 Å². The monoisotopic (exact) mass is 291 g/mol. The van der Waals surface area contributed by atoms with Crippen LogP contribution in [0.1, 0.15) is 5.56 Å². The molecule has 0 spiro atoms. The van der Waals surface area contributed by atoms with E-state index in [1.807, 2.05) is 31.2 Å². The second-order valence-electron chi connectivity index (χ2n) is 5.29. The third-order valence-corrected chi connectivity index (χ3v) is 3.78. The van der Waals surface area contributed by atoms with Gasteiger partial charge in [-0.05, 0) is 30.2 Å². The fraction of sp³-hybridized carbons (Fsp3) is 0.0625. The smallest absolute Gasteiger partial charge is 0.272 e. The third kappa shape index (κ3) is 1.70. The molecule has 0 amide bonds. The van der Waals surface area contributed by atoms with E-state index in [0.29, 0.717) is 16.6 Å². The Bertz CT molecular complexity index is 1080. The van der Waals surface area contributed by atoms with Crippen molar-refractivity contribution in [2.75, 3.05) is 5.73 Å². The van der Waals surface area contributed by atoms with Gasteiger partial charge in [-0.25, -0.2) is 0 Å². The number of pyridine rings is 2. The number of nitrogen functional groups attached to an aromatic ring is 1. The van der Waals surface area contributed by atoms with E-state index in [9.17, 15) is 4.79 Å². The zero-order valence-electron chi connectivity index (χ0n) is 11.8. The second kappa shape index (κ2) is 4.42. The molecule has 0 saturated heterocycles. The quantitative estimate of drug-likeness (QED) is 0.501. The van der Waals surface area contributed by atoms with Crippen LogP contribution >= 0.6 is 0 Å². The van der Waals surface area contributed by atoms with Gasteiger partial charge in [0.05, 0.1) is 22.7 Å². The number of hydrogen-bond donors (Lipinski definition) is 3. The topological polar surface area (TPSA) is 100 Å². The lowest BCUT2D eigenvalue weighted by molar-refractivity contribution is 1.12. The van der Waals surface area contributed by atoms with Crippen LogP contribution in [0, 0.1) is 6.92 Å². The van der Waals surface area contributed by atoms with Crippen molar-refractivity contribution in [1.82, 2.24) is 20.2 Å². The van der Waals surface area contributed by atoms with Gasteiger partial charge >= 0.3 is 0 Å². The largest absolute Gasteiger partial charge is 0.394 e. The van der Waals surface area contributed by atoms with Crippen molar-refractivity contribution in [3.63, 3.8) is 0 Å². The number of nitrogens with two attached hydrogens (primary N) is 1. The van der Waals surface area contributed by atoms with Gasteiger partial charge in [-0.2, -0.15) is 5.10 Å². The van der Waals surface area contributed by atoms with E-state index in [2.05, 4.69) is 20.2 Å². The van der Waals surface area contributed by atoms with Crippen LogP contribution < -0.4 is 11.3 Å². The van der Waals surface area contributed by atoms with Crippen molar-refractivity contribution in [3.05, 3.63) is 52.6 Å². The molecule has 0 aliphatic rings. The van der Waals surface area contributed by atoms with Gasteiger partial charge in [0.1, 0.15) is 5.69 Å². The molecule has 0 atom stereocenters. The third-order valence-electron chi connectivity index (χ3n) is 3.78. The molecule has 3 heterocycles. The first-order valence-corrected chi connectivity index (χ1v) is 6.86. The first-order chi connectivity index (χ1) is 10.6. The second-order valence-corrected chi connectivity index (χ2v) is 5.29. The minimum atomic E-state index is -0.310. The lowest BCUT2D eigenvalue weighted by atomic mass is 9.99. The Balaban J connectivity index is 2.21. The molecule has 0 radical (unpaired) electrons. The average molecular weight is 291 g/mol. The Morgan fingerprint density at radius 2 is 2.05 bits per heavy atom. The summed E-state index contributed by atoms with van der Waals surface area (Å²) in [4.78, 5) is 19.4. The van der Waals surface area contributed by atoms with Crippen molar-refractivity contribution >= 4 is 27.6 Å². The summed E-state index contributed by atoms with van der Waals surface area (Å²) in [5, 5.41) is 7.89. The standard InChI is InChI=1S/C16H13N5O/c1-8-5-12-15(18-6-8)13(14(17)16(22)20-12)9-3-2-4-11-10(9)7-19-21-11/h2-7H,17H2,1H3,(H,19,21)(H,20,22). The van der Waals surface area contributed by atoms with E-state index >= 15 is 0 Å². The summed E-state index contributed by atoms with van der Waals surface area (Å²) in [6, 6.07) is 7.64. The molecular weight excluding hydrogens is 278 g/mol. The average Bonchev–Trinajstić information content (AvgIpc) is 2.97. The molecule has 22 heavy (non-hydrogen) atoms. The summed E-state index contributed by atoms with van der Waals surface area (Å²) in [6.45, 7) is 1.93. The number of rotatable bonds is 1. The number of anilines is 1. The molecule has 0 aliphatic carbocycles. The molecule has 3 aromatic heterocycles. The molecule has 0 fully saturated rings. The van der Waals surface area contributed by atoms with Crippen LogP contribution in [0.5, 0.6) is 0 Å². The van der Waals surface area contributed by atoms with Gasteiger partial charge in [-0.1, -0.05) is 12.1 Å². The number of aromatic amines is 2. The van der Waals surface area contributed by atoms with Gasteiger partial charge in [0.25, 0.3) is 5.56 Å². The molecule has 0 bridgehead atoms. The lowest BCUT2D eigenvalue weighted by Crippen LogP contribution is -2.14. The fourth-order valence-electron chi connectivity index (χ4n) is 2.75. The molecule has 1 aromatic carbocycles. The molecule has 0 saturated carbocycles. The van der Waals surface area contributed by atoms with Crippen LogP contribution in [-0.4, -0.2) is 20.2 Å². The SMILES string of the molecule is Cc1cnc2c(-c3cccc4[nH]ncc34)c(N)c(=O)[nH]c2c1. The lowest BCUT2D eigenvalue weighted by Gasteiger charge is -2.10. The summed E-state index contributed by atoms with van der Waals surface area (Å²) in [5.74, 6) is 0. The molecule has 4 N–H and O–H groups in total. The maximum absolute atomic E-state index is 12.2. The van der Waals surface area contributed by atoms with Gasteiger partial charge < -0.3 is 10.7 Å². The number of nitrogens with zero attached hydrogens (tertiary/aromatic N) is 2. The van der Waals surface area contributed by atoms with Crippen LogP contribution in [-0.2, 0) is 0 Å². The molecule has 0 aliphatic heterocycles. The van der Waals surface area contributed by atoms with Crippen LogP contribution in [0.15, 0.2) is 41.5 Å². The van der Waals surface area contributed by atoms with Gasteiger partial charge in [-0.3, -0.25) is 14.9 Å². The predicted octanol–water partition coefficient (Wildman–Crippen LogP) is 2.36. The number of hydrogen-bond acceptors (Lipinski definition) is 4. The van der Waals surface area contributed by atoms with Gasteiger partial charge in [0, 0.05) is 17.1 Å². The Morgan fingerprint density at radius 1 is 1.18 bits per heavy atom. The zero-order valence-corrected chi connectivity index (χ0v) is 11.8. The van der Waals surface area contributed by atoms with Crippen LogP contribution in [0.3, 0.4) is 0 Å². The number of H-pyrrole nitrogens is 2. The van der Waals surface area contributed by atoms with Gasteiger partial charge in [0.2, 0.25) is 0 Å². The number of aryl methyl sites for hydroxylation is 1. The van der Waals surface area contributed by atoms with Gasteiger partial charge in [-0.15, -0.1) is 0 Å². The maximum Gasteiger partial charge on any atom is 0.272 e. The molecule has 4 aromatic rings. The van der Waals surface area contributed by atoms with Crippen molar-refractivity contribution in [2.45, 2.75) is 6.92 Å². The predicted molar refractivity (Wildman–Crippen MR) is 86.6 cm³/mol. The highest BCUT2D eigenvalue weighted by Crippen LogP contribution is 2.34. The molecule has 6 nitrogen and oxygen atoms in total. The van der Waals surface area contributed by atoms with Crippen molar-refractivity contribution in [2.24, 2.45) is 0 Å². The minimum absolute atomic E-state index is 0.164.